The predicted octanol–water partition coefficient (Wildman–Crippen LogP) is 16.2. The SMILES string of the molecule is CC/C=C\C/C=C\C/C=C\C/C=C\C/C=C\C/C=C\C/C=C\C/C=C\C/C=C\CCCCCC(=O)OC(COC(=O)CCCCCCC/C=C\C/C=C\CCCCCC)COP(=O)(O)OCCN. The molecule has 0 fully saturated rings. The van der Waals surface area contributed by atoms with Gasteiger partial charge in [0.1, 0.15) is 6.61 Å². The fourth-order valence-corrected chi connectivity index (χ4v) is 7.19. The van der Waals surface area contributed by atoms with Crippen molar-refractivity contribution in [1.82, 2.24) is 0 Å². The topological polar surface area (TPSA) is 134 Å². The van der Waals surface area contributed by atoms with Gasteiger partial charge in [-0.3, -0.25) is 18.6 Å². The number of allylic oxidation sites excluding steroid dienone is 22. The monoisotopic (exact) mass is 964 g/mol. The number of unbranched alkanes of at least 4 members (excludes halogenated alkanes) is 12. The first-order valence-electron chi connectivity index (χ1n) is 26.2. The third-order valence-electron chi connectivity index (χ3n) is 10.3. The minimum atomic E-state index is -4.41. The number of ether oxygens (including phenoxy) is 2. The largest absolute Gasteiger partial charge is 0.472 e. The van der Waals surface area contributed by atoms with Gasteiger partial charge in [-0.15, -0.1) is 0 Å². The number of carbonyl (C=O) groups excluding carboxylic acids is 2. The number of phosphoric ester groups is 1. The highest BCUT2D eigenvalue weighted by atomic mass is 31.2. The molecule has 0 aliphatic carbocycles. The molecule has 0 heterocycles. The van der Waals surface area contributed by atoms with E-state index in [1.54, 1.807) is 0 Å². The van der Waals surface area contributed by atoms with Crippen molar-refractivity contribution in [1.29, 1.82) is 0 Å². The number of esters is 2. The third-order valence-corrected chi connectivity index (χ3v) is 11.3. The Morgan fingerprint density at radius 1 is 0.456 bits per heavy atom. The van der Waals surface area contributed by atoms with Gasteiger partial charge in [0.25, 0.3) is 0 Å². The zero-order valence-corrected chi connectivity index (χ0v) is 43.4. The highest BCUT2D eigenvalue weighted by molar-refractivity contribution is 7.47. The standard InChI is InChI=1S/C58H94NO8P/c1-3-5-7-9-11-13-15-17-19-21-22-23-24-25-26-27-28-29-30-31-32-33-34-35-37-39-41-43-45-47-49-51-58(61)67-56(55-66-68(62,63)65-53-52-59)54-64-57(60)50-48-46-44-42-40-38-36-20-18-16-14-12-10-8-6-4-2/h5,7,11,13-14,16-17,19-20,22-23,25-26,28-29,31-32,34-36,39,41,56H,3-4,6,8-10,12,15,18,21,24,27,30,33,37-38,40,42-55,59H2,1-2H3,(H,62,63)/b7-5-,13-11-,16-14-,19-17-,23-22-,26-25-,29-28-,32-31-,35-34-,36-20-,41-39-. The van der Waals surface area contributed by atoms with Crippen LogP contribution < -0.4 is 5.73 Å². The van der Waals surface area contributed by atoms with Gasteiger partial charge in [-0.2, -0.15) is 0 Å². The van der Waals surface area contributed by atoms with Crippen LogP contribution in [0.3, 0.4) is 0 Å². The van der Waals surface area contributed by atoms with Crippen LogP contribution in [0.1, 0.15) is 187 Å². The summed E-state index contributed by atoms with van der Waals surface area (Å²) in [6, 6.07) is 0. The first kappa shape index (κ1) is 64.2. The lowest BCUT2D eigenvalue weighted by Gasteiger charge is -2.19. The summed E-state index contributed by atoms with van der Waals surface area (Å²) in [5.41, 5.74) is 5.36. The predicted molar refractivity (Wildman–Crippen MR) is 288 cm³/mol. The molecule has 0 rings (SSSR count). The van der Waals surface area contributed by atoms with Crippen molar-refractivity contribution < 1.29 is 37.6 Å². The van der Waals surface area contributed by atoms with Crippen molar-refractivity contribution in [3.8, 4) is 0 Å². The molecule has 0 bridgehead atoms. The Morgan fingerprint density at radius 3 is 1.22 bits per heavy atom. The molecule has 0 saturated heterocycles. The average Bonchev–Trinajstić information content (AvgIpc) is 3.33. The smallest absolute Gasteiger partial charge is 0.462 e. The Hall–Kier alpha value is -3.85. The number of rotatable bonds is 47. The summed E-state index contributed by atoms with van der Waals surface area (Å²) < 4.78 is 32.9. The van der Waals surface area contributed by atoms with Crippen molar-refractivity contribution in [2.75, 3.05) is 26.4 Å². The van der Waals surface area contributed by atoms with E-state index in [4.69, 9.17) is 24.3 Å². The lowest BCUT2D eigenvalue weighted by Crippen LogP contribution is -2.29. The molecule has 3 N–H and O–H groups in total. The maximum atomic E-state index is 12.7. The van der Waals surface area contributed by atoms with Crippen LogP contribution in [0.15, 0.2) is 134 Å². The molecule has 9 nitrogen and oxygen atoms in total. The van der Waals surface area contributed by atoms with E-state index in [0.29, 0.717) is 12.8 Å². The van der Waals surface area contributed by atoms with Crippen molar-refractivity contribution in [2.24, 2.45) is 5.73 Å². The zero-order chi connectivity index (χ0) is 49.5. The quantitative estimate of drug-likeness (QED) is 0.0265. The van der Waals surface area contributed by atoms with Gasteiger partial charge in [0, 0.05) is 19.4 Å². The van der Waals surface area contributed by atoms with E-state index < -0.39 is 32.5 Å². The molecule has 10 heteroatoms. The van der Waals surface area contributed by atoms with Crippen LogP contribution in [0.4, 0.5) is 0 Å². The molecule has 384 valence electrons. The van der Waals surface area contributed by atoms with Gasteiger partial charge in [0.2, 0.25) is 0 Å². The number of hydrogen-bond donors (Lipinski definition) is 2. The van der Waals surface area contributed by atoms with E-state index in [1.165, 1.54) is 32.1 Å². The van der Waals surface area contributed by atoms with Crippen LogP contribution in [0.2, 0.25) is 0 Å². The Morgan fingerprint density at radius 2 is 0.809 bits per heavy atom. The molecule has 0 spiro atoms. The number of carbonyl (C=O) groups is 2. The average molecular weight is 964 g/mol. The summed E-state index contributed by atoms with van der Waals surface area (Å²) >= 11 is 0. The van der Waals surface area contributed by atoms with Crippen LogP contribution in [-0.2, 0) is 32.7 Å². The molecule has 0 aliphatic heterocycles. The molecule has 0 amide bonds. The minimum absolute atomic E-state index is 0.0378. The normalized spacial score (nSPS) is 14.2. The molecule has 2 atom stereocenters. The molecule has 0 saturated carbocycles. The summed E-state index contributed by atoms with van der Waals surface area (Å²) in [7, 11) is -4.41. The Kier molecular flexibility index (Phi) is 49.5. The van der Waals surface area contributed by atoms with Crippen LogP contribution in [0.25, 0.3) is 0 Å². The van der Waals surface area contributed by atoms with Crippen LogP contribution in [0, 0.1) is 0 Å². The van der Waals surface area contributed by atoms with Crippen LogP contribution in [-0.4, -0.2) is 49.3 Å². The summed E-state index contributed by atoms with van der Waals surface area (Å²) in [4.78, 5) is 35.0. The summed E-state index contributed by atoms with van der Waals surface area (Å²) in [6.45, 7) is 3.52. The van der Waals surface area contributed by atoms with Gasteiger partial charge in [-0.05, 0) is 116 Å². The Balaban J connectivity index is 4.18. The third kappa shape index (κ3) is 51.5. The lowest BCUT2D eigenvalue weighted by molar-refractivity contribution is -0.161. The molecule has 68 heavy (non-hydrogen) atoms. The fraction of sp³-hybridized carbons (Fsp3) is 0.586. The van der Waals surface area contributed by atoms with Gasteiger partial charge < -0.3 is 20.1 Å². The van der Waals surface area contributed by atoms with Crippen molar-refractivity contribution in [3.05, 3.63) is 134 Å². The maximum Gasteiger partial charge on any atom is 0.472 e. The lowest BCUT2D eigenvalue weighted by atomic mass is 10.1. The van der Waals surface area contributed by atoms with Gasteiger partial charge in [0.15, 0.2) is 6.10 Å². The minimum Gasteiger partial charge on any atom is -0.462 e. The first-order chi connectivity index (χ1) is 33.3. The zero-order valence-electron chi connectivity index (χ0n) is 42.5. The number of nitrogens with two attached hydrogens (primary N) is 1. The molecular formula is C58H94NO8P. The van der Waals surface area contributed by atoms with E-state index in [0.717, 1.165) is 116 Å². The molecule has 0 radical (unpaired) electrons. The fourth-order valence-electron chi connectivity index (χ4n) is 6.42. The summed E-state index contributed by atoms with van der Waals surface area (Å²) in [5.74, 6) is -0.895. The second kappa shape index (κ2) is 52.5. The molecule has 0 aromatic heterocycles. The van der Waals surface area contributed by atoms with E-state index in [2.05, 4.69) is 148 Å². The molecule has 2 unspecified atom stereocenters. The first-order valence-corrected chi connectivity index (χ1v) is 27.7. The summed E-state index contributed by atoms with van der Waals surface area (Å²) in [6.07, 6.45) is 73.5. The number of hydrogen-bond acceptors (Lipinski definition) is 8. The second-order valence-electron chi connectivity index (χ2n) is 16.7. The van der Waals surface area contributed by atoms with E-state index >= 15 is 0 Å². The number of phosphoric acid groups is 1. The van der Waals surface area contributed by atoms with Gasteiger partial charge >= 0.3 is 19.8 Å². The van der Waals surface area contributed by atoms with Crippen molar-refractivity contribution in [2.45, 2.75) is 193 Å². The van der Waals surface area contributed by atoms with E-state index in [9.17, 15) is 19.0 Å². The molecule has 0 aliphatic rings. The van der Waals surface area contributed by atoms with E-state index in [1.807, 2.05) is 0 Å². The second-order valence-corrected chi connectivity index (χ2v) is 18.1. The van der Waals surface area contributed by atoms with Crippen molar-refractivity contribution >= 4 is 19.8 Å². The van der Waals surface area contributed by atoms with Gasteiger partial charge in [-0.25, -0.2) is 4.57 Å². The van der Waals surface area contributed by atoms with Gasteiger partial charge in [-0.1, -0.05) is 192 Å². The Bertz CT molecular complexity index is 1570. The van der Waals surface area contributed by atoms with Crippen molar-refractivity contribution in [3.63, 3.8) is 0 Å². The maximum absolute atomic E-state index is 12.7. The molecule has 0 aromatic carbocycles. The van der Waals surface area contributed by atoms with Gasteiger partial charge in [0.05, 0.1) is 13.2 Å². The Labute approximate surface area is 414 Å². The molecular weight excluding hydrogens is 870 g/mol. The van der Waals surface area contributed by atoms with E-state index in [-0.39, 0.29) is 32.6 Å². The summed E-state index contributed by atoms with van der Waals surface area (Å²) in [5, 5.41) is 0. The highest BCUT2D eigenvalue weighted by Gasteiger charge is 2.26. The van der Waals surface area contributed by atoms with Crippen LogP contribution >= 0.6 is 7.82 Å². The highest BCUT2D eigenvalue weighted by Crippen LogP contribution is 2.43. The molecule has 0 aromatic rings. The van der Waals surface area contributed by atoms with Crippen LogP contribution in [0.5, 0.6) is 0 Å².